The number of rotatable bonds is 9. The fraction of sp³-hybridized carbons (Fsp3) is 0.292. The third-order valence-corrected chi connectivity index (χ3v) is 5.29. The average Bonchev–Trinajstić information content (AvgIpc) is 3.34. The summed E-state index contributed by atoms with van der Waals surface area (Å²) in [6.07, 6.45) is -3.79. The standard InChI is InChI=1S/C24H24N4O9/c1-2-34-18(29)13-36-17-5-3-4-16(12-17)28-10-11-35-20(23(28)32)19(30)22(31)25-15-8-6-14(7-9-15)21-26-24(33)37-27-21/h3-9,12,19-20,30H,2,10-11,13H2,1H3,(H,25,31)(H,26,27,33)/t19-,20-/m1/s1. The summed E-state index contributed by atoms with van der Waals surface area (Å²) in [4.78, 5) is 42.4. The van der Waals surface area contributed by atoms with E-state index in [4.69, 9.17) is 14.2 Å². The van der Waals surface area contributed by atoms with Crippen LogP contribution in [0.5, 0.6) is 11.8 Å². The molecule has 0 unspecified atom stereocenters. The van der Waals surface area contributed by atoms with Crippen molar-refractivity contribution in [3.8, 4) is 23.2 Å². The predicted octanol–water partition coefficient (Wildman–Crippen LogP) is 1.12. The van der Waals surface area contributed by atoms with E-state index in [0.29, 0.717) is 22.7 Å². The number of morpholine rings is 1. The molecule has 194 valence electrons. The Bertz CT molecular complexity index is 1260. The molecule has 1 saturated heterocycles. The zero-order valence-electron chi connectivity index (χ0n) is 19.7. The van der Waals surface area contributed by atoms with Gasteiger partial charge in [0, 0.05) is 29.5 Å². The molecule has 3 N–H and O–H groups in total. The minimum atomic E-state index is -1.78. The number of carbonyl (C=O) groups excluding carboxylic acids is 3. The van der Waals surface area contributed by atoms with E-state index in [1.54, 1.807) is 43.3 Å². The summed E-state index contributed by atoms with van der Waals surface area (Å²) >= 11 is 0. The maximum absolute atomic E-state index is 13.1. The van der Waals surface area contributed by atoms with E-state index in [1.165, 1.54) is 17.0 Å². The number of benzene rings is 2. The molecule has 0 spiro atoms. The number of hydrogen-bond donors (Lipinski definition) is 3. The Morgan fingerprint density at radius 3 is 2.73 bits per heavy atom. The topological polar surface area (TPSA) is 174 Å². The van der Waals surface area contributed by atoms with Gasteiger partial charge in [0.2, 0.25) is 5.82 Å². The highest BCUT2D eigenvalue weighted by Crippen LogP contribution is 2.25. The molecular formula is C24H24N4O9. The summed E-state index contributed by atoms with van der Waals surface area (Å²) in [5.41, 5.74) is 1.32. The molecule has 13 heteroatoms. The van der Waals surface area contributed by atoms with Crippen LogP contribution in [0, 0.1) is 0 Å². The molecule has 1 aliphatic rings. The second kappa shape index (κ2) is 11.5. The molecule has 1 aliphatic heterocycles. The van der Waals surface area contributed by atoms with Crippen LogP contribution in [0.25, 0.3) is 11.4 Å². The molecule has 13 nitrogen and oxygen atoms in total. The lowest BCUT2D eigenvalue weighted by atomic mass is 10.1. The van der Waals surface area contributed by atoms with Crippen LogP contribution in [-0.4, -0.2) is 76.7 Å². The molecule has 2 heterocycles. The largest absolute Gasteiger partial charge is 0.482 e. The van der Waals surface area contributed by atoms with Gasteiger partial charge in [0.05, 0.1) is 13.2 Å². The number of anilines is 2. The highest BCUT2D eigenvalue weighted by atomic mass is 16.6. The van der Waals surface area contributed by atoms with Crippen molar-refractivity contribution >= 4 is 29.2 Å². The van der Waals surface area contributed by atoms with Crippen LogP contribution in [0.4, 0.5) is 11.4 Å². The van der Waals surface area contributed by atoms with Crippen molar-refractivity contribution in [1.82, 2.24) is 10.1 Å². The molecular weight excluding hydrogens is 488 g/mol. The lowest BCUT2D eigenvalue weighted by molar-refractivity contribution is -0.150. The second-order valence-corrected chi connectivity index (χ2v) is 7.78. The van der Waals surface area contributed by atoms with E-state index < -0.39 is 36.1 Å². The predicted molar refractivity (Wildman–Crippen MR) is 127 cm³/mol. The number of carbonyl (C=O) groups is 3. The Morgan fingerprint density at radius 1 is 1.24 bits per heavy atom. The molecule has 0 radical (unpaired) electrons. The minimum Gasteiger partial charge on any atom is -0.482 e. The van der Waals surface area contributed by atoms with Crippen LogP contribution in [0.1, 0.15) is 6.92 Å². The molecule has 2 amide bonds. The van der Waals surface area contributed by atoms with Crippen molar-refractivity contribution in [2.45, 2.75) is 19.1 Å². The number of aliphatic hydroxyl groups excluding tert-OH is 1. The van der Waals surface area contributed by atoms with E-state index in [1.807, 2.05) is 0 Å². The van der Waals surface area contributed by atoms with E-state index in [-0.39, 0.29) is 32.2 Å². The van der Waals surface area contributed by atoms with Gasteiger partial charge in [-0.2, -0.15) is 4.98 Å². The second-order valence-electron chi connectivity index (χ2n) is 7.78. The third kappa shape index (κ3) is 6.20. The molecule has 3 aromatic rings. The molecule has 2 atom stereocenters. The highest BCUT2D eigenvalue weighted by Gasteiger charge is 2.39. The quantitative estimate of drug-likeness (QED) is 0.351. The van der Waals surface area contributed by atoms with Crippen LogP contribution < -0.4 is 15.0 Å². The fourth-order valence-corrected chi connectivity index (χ4v) is 3.56. The number of esters is 1. The van der Waals surface area contributed by atoms with Gasteiger partial charge >= 0.3 is 12.0 Å². The van der Waals surface area contributed by atoms with Crippen molar-refractivity contribution in [3.63, 3.8) is 0 Å². The van der Waals surface area contributed by atoms with Gasteiger partial charge in [-0.15, -0.1) is 0 Å². The van der Waals surface area contributed by atoms with Crippen molar-refractivity contribution in [2.24, 2.45) is 0 Å². The Balaban J connectivity index is 1.39. The minimum absolute atomic E-state index is 0.0842. The summed E-state index contributed by atoms with van der Waals surface area (Å²) in [6, 6.07) is 12.7. The van der Waals surface area contributed by atoms with E-state index >= 15 is 0 Å². The molecule has 37 heavy (non-hydrogen) atoms. The lowest BCUT2D eigenvalue weighted by Gasteiger charge is -2.34. The maximum Gasteiger partial charge on any atom is 0.415 e. The summed E-state index contributed by atoms with van der Waals surface area (Å²) in [5, 5.41) is 25.9. The number of ether oxygens (including phenoxy) is 3. The lowest BCUT2D eigenvalue weighted by Crippen LogP contribution is -2.55. The van der Waals surface area contributed by atoms with Gasteiger partial charge in [-0.25, -0.2) is 4.79 Å². The van der Waals surface area contributed by atoms with Gasteiger partial charge in [-0.05, 0) is 43.3 Å². The van der Waals surface area contributed by atoms with Crippen LogP contribution in [0.2, 0.25) is 0 Å². The SMILES string of the molecule is CCOC(=O)COc1cccc(N2CCO[C@H]([C@@H](O)C(=O)Nc3ccc(-c4noc(O)n4)cc3)C2=O)c1. The molecule has 2 aromatic carbocycles. The van der Waals surface area contributed by atoms with Gasteiger partial charge in [-0.1, -0.05) is 11.2 Å². The number of nitrogens with zero attached hydrogens (tertiary/aromatic N) is 3. The smallest absolute Gasteiger partial charge is 0.415 e. The monoisotopic (exact) mass is 512 g/mol. The van der Waals surface area contributed by atoms with Crippen LogP contribution in [0.15, 0.2) is 53.1 Å². The van der Waals surface area contributed by atoms with Gasteiger partial charge in [0.1, 0.15) is 5.75 Å². The van der Waals surface area contributed by atoms with Gasteiger partial charge in [0.15, 0.2) is 18.8 Å². The molecule has 1 fully saturated rings. The summed E-state index contributed by atoms with van der Waals surface area (Å²) in [6.45, 7) is 1.92. The normalized spacial score (nSPS) is 16.2. The highest BCUT2D eigenvalue weighted by molar-refractivity contribution is 6.03. The van der Waals surface area contributed by atoms with Crippen LogP contribution in [-0.2, 0) is 23.9 Å². The first-order valence-electron chi connectivity index (χ1n) is 11.3. The van der Waals surface area contributed by atoms with Gasteiger partial charge < -0.3 is 34.6 Å². The summed E-state index contributed by atoms with van der Waals surface area (Å²) in [5.74, 6) is -1.46. The van der Waals surface area contributed by atoms with Crippen LogP contribution in [0.3, 0.4) is 0 Å². The Labute approximate surface area is 210 Å². The fourth-order valence-electron chi connectivity index (χ4n) is 3.56. The van der Waals surface area contributed by atoms with Crippen molar-refractivity contribution < 1.29 is 43.3 Å². The molecule has 0 bridgehead atoms. The number of aliphatic hydroxyl groups is 1. The van der Waals surface area contributed by atoms with Crippen LogP contribution >= 0.6 is 0 Å². The average molecular weight is 512 g/mol. The number of nitrogens with one attached hydrogen (secondary N) is 1. The zero-order chi connectivity index (χ0) is 26.4. The number of hydrogen-bond acceptors (Lipinski definition) is 11. The maximum atomic E-state index is 13.1. The summed E-state index contributed by atoms with van der Waals surface area (Å²) < 4.78 is 20.2. The van der Waals surface area contributed by atoms with E-state index in [9.17, 15) is 24.6 Å². The number of aromatic nitrogens is 2. The Hall–Kier alpha value is -4.49. The first kappa shape index (κ1) is 25.6. The molecule has 4 rings (SSSR count). The Kier molecular flexibility index (Phi) is 7.95. The van der Waals surface area contributed by atoms with Crippen molar-refractivity contribution in [2.75, 3.05) is 36.6 Å². The number of amides is 2. The summed E-state index contributed by atoms with van der Waals surface area (Å²) in [7, 11) is 0. The van der Waals surface area contributed by atoms with Crippen molar-refractivity contribution in [3.05, 3.63) is 48.5 Å². The van der Waals surface area contributed by atoms with E-state index in [2.05, 4.69) is 20.0 Å². The first-order chi connectivity index (χ1) is 17.9. The number of aromatic hydroxyl groups is 1. The van der Waals surface area contributed by atoms with Crippen molar-refractivity contribution in [1.29, 1.82) is 0 Å². The van der Waals surface area contributed by atoms with Gasteiger partial charge in [-0.3, -0.25) is 14.1 Å². The third-order valence-electron chi connectivity index (χ3n) is 5.29. The first-order valence-corrected chi connectivity index (χ1v) is 11.3. The Morgan fingerprint density at radius 2 is 2.03 bits per heavy atom. The zero-order valence-corrected chi connectivity index (χ0v) is 19.7. The molecule has 0 saturated carbocycles. The molecule has 0 aliphatic carbocycles. The molecule has 1 aromatic heterocycles. The van der Waals surface area contributed by atoms with E-state index in [0.717, 1.165) is 0 Å². The van der Waals surface area contributed by atoms with Gasteiger partial charge in [0.25, 0.3) is 11.8 Å².